The van der Waals surface area contributed by atoms with Crippen LogP contribution in [0.2, 0.25) is 0 Å². The van der Waals surface area contributed by atoms with E-state index >= 15 is 0 Å². The fraction of sp³-hybridized carbons (Fsp3) is 0.611. The fourth-order valence-corrected chi connectivity index (χ4v) is 4.94. The highest BCUT2D eigenvalue weighted by molar-refractivity contribution is 7.22. The van der Waals surface area contributed by atoms with E-state index in [1.165, 1.54) is 17.5 Å². The molecule has 4 nitrogen and oxygen atoms in total. The summed E-state index contributed by atoms with van der Waals surface area (Å²) >= 11 is 1.74. The van der Waals surface area contributed by atoms with Gasteiger partial charge in [0.1, 0.15) is 0 Å². The minimum Gasteiger partial charge on any atom is -0.391 e. The number of para-hydroxylation sites is 1. The smallest absolute Gasteiger partial charge is 0.184 e. The zero-order chi connectivity index (χ0) is 15.6. The van der Waals surface area contributed by atoms with Crippen molar-refractivity contribution in [2.45, 2.75) is 56.7 Å². The highest BCUT2D eigenvalue weighted by Gasteiger charge is 2.31. The first-order chi connectivity index (χ1) is 11.3. The molecule has 0 bridgehead atoms. The van der Waals surface area contributed by atoms with E-state index in [-0.39, 0.29) is 6.10 Å². The van der Waals surface area contributed by atoms with Crippen molar-refractivity contribution in [3.8, 4) is 0 Å². The Labute approximate surface area is 141 Å². The van der Waals surface area contributed by atoms with E-state index in [0.29, 0.717) is 12.1 Å². The number of anilines is 1. The van der Waals surface area contributed by atoms with Crippen molar-refractivity contribution in [3.63, 3.8) is 0 Å². The maximum Gasteiger partial charge on any atom is 0.184 e. The van der Waals surface area contributed by atoms with E-state index in [2.05, 4.69) is 33.4 Å². The molecule has 1 saturated carbocycles. The van der Waals surface area contributed by atoms with Gasteiger partial charge in [-0.2, -0.15) is 0 Å². The van der Waals surface area contributed by atoms with E-state index in [9.17, 15) is 5.11 Å². The first kappa shape index (κ1) is 15.4. The van der Waals surface area contributed by atoms with Crippen LogP contribution in [-0.4, -0.2) is 46.3 Å². The van der Waals surface area contributed by atoms with Crippen LogP contribution in [0.5, 0.6) is 0 Å². The van der Waals surface area contributed by atoms with Crippen LogP contribution in [0.15, 0.2) is 24.3 Å². The van der Waals surface area contributed by atoms with Crippen LogP contribution in [-0.2, 0) is 0 Å². The number of nitrogens with one attached hydrogen (secondary N) is 1. The summed E-state index contributed by atoms with van der Waals surface area (Å²) in [5.41, 5.74) is 1.09. The zero-order valence-electron chi connectivity index (χ0n) is 13.4. The summed E-state index contributed by atoms with van der Waals surface area (Å²) in [6, 6.07) is 9.22. The van der Waals surface area contributed by atoms with Gasteiger partial charge in [0.25, 0.3) is 0 Å². The van der Waals surface area contributed by atoms with E-state index < -0.39 is 0 Å². The van der Waals surface area contributed by atoms with Crippen LogP contribution < -0.4 is 5.32 Å². The lowest BCUT2D eigenvalue weighted by Crippen LogP contribution is -2.50. The summed E-state index contributed by atoms with van der Waals surface area (Å²) in [5, 5.41) is 14.9. The molecule has 1 aromatic carbocycles. The molecule has 0 spiro atoms. The Morgan fingerprint density at radius 2 is 1.87 bits per heavy atom. The molecule has 5 heteroatoms. The molecule has 1 aliphatic carbocycles. The number of piperidine rings is 1. The highest BCUT2D eigenvalue weighted by atomic mass is 32.1. The number of fused-ring (bicyclic) bond motifs is 1. The van der Waals surface area contributed by atoms with Crippen molar-refractivity contribution in [1.29, 1.82) is 0 Å². The van der Waals surface area contributed by atoms with Gasteiger partial charge in [-0.3, -0.25) is 4.90 Å². The summed E-state index contributed by atoms with van der Waals surface area (Å²) in [4.78, 5) is 7.20. The normalized spacial score (nSPS) is 27.3. The molecule has 2 heterocycles. The van der Waals surface area contributed by atoms with Gasteiger partial charge in [0.2, 0.25) is 0 Å². The van der Waals surface area contributed by atoms with Crippen molar-refractivity contribution in [3.05, 3.63) is 24.3 Å². The first-order valence-corrected chi connectivity index (χ1v) is 9.65. The quantitative estimate of drug-likeness (QED) is 0.904. The number of rotatable bonds is 3. The molecule has 0 amide bonds. The van der Waals surface area contributed by atoms with Gasteiger partial charge in [0.15, 0.2) is 5.13 Å². The van der Waals surface area contributed by atoms with Crippen LogP contribution in [0.1, 0.15) is 38.5 Å². The van der Waals surface area contributed by atoms with Crippen molar-refractivity contribution < 1.29 is 5.11 Å². The number of hydrogen-bond donors (Lipinski definition) is 2. The van der Waals surface area contributed by atoms with Gasteiger partial charge in [-0.15, -0.1) is 0 Å². The number of hydrogen-bond acceptors (Lipinski definition) is 5. The van der Waals surface area contributed by atoms with Crippen molar-refractivity contribution in [2.24, 2.45) is 0 Å². The zero-order valence-corrected chi connectivity index (χ0v) is 14.3. The number of likely N-dealkylation sites (tertiary alicyclic amines) is 1. The molecule has 2 N–H and O–H groups in total. The van der Waals surface area contributed by atoms with Gasteiger partial charge < -0.3 is 10.4 Å². The summed E-state index contributed by atoms with van der Waals surface area (Å²) in [5.74, 6) is 0. The number of aliphatic hydroxyl groups is 1. The van der Waals surface area contributed by atoms with Crippen LogP contribution in [0.3, 0.4) is 0 Å². The molecular formula is C18H25N3OS. The van der Waals surface area contributed by atoms with E-state index in [0.717, 1.165) is 49.4 Å². The lowest BCUT2D eigenvalue weighted by Gasteiger charge is -2.41. The Bertz CT molecular complexity index is 618. The third kappa shape index (κ3) is 3.37. The molecule has 2 aromatic rings. The monoisotopic (exact) mass is 331 g/mol. The molecule has 2 aliphatic rings. The van der Waals surface area contributed by atoms with Crippen molar-refractivity contribution in [2.75, 3.05) is 18.4 Å². The number of aliphatic hydroxyl groups excluding tert-OH is 1. The second kappa shape index (κ2) is 6.75. The van der Waals surface area contributed by atoms with Gasteiger partial charge in [-0.05, 0) is 37.8 Å². The summed E-state index contributed by atoms with van der Waals surface area (Å²) in [6.45, 7) is 2.18. The van der Waals surface area contributed by atoms with Crippen molar-refractivity contribution >= 4 is 26.7 Å². The van der Waals surface area contributed by atoms with Gasteiger partial charge in [-0.1, -0.05) is 36.3 Å². The second-order valence-electron chi connectivity index (χ2n) is 6.86. The average Bonchev–Trinajstić information content (AvgIpc) is 2.98. The Balaban J connectivity index is 1.34. The highest BCUT2D eigenvalue weighted by Crippen LogP contribution is 2.29. The van der Waals surface area contributed by atoms with E-state index in [4.69, 9.17) is 0 Å². The minimum absolute atomic E-state index is 0.113. The molecule has 1 saturated heterocycles. The van der Waals surface area contributed by atoms with Gasteiger partial charge >= 0.3 is 0 Å². The SMILES string of the molecule is OC1CCCCC1N1CCC(Nc2nc3ccccc3s2)CC1. The lowest BCUT2D eigenvalue weighted by molar-refractivity contribution is 0.00994. The Morgan fingerprint density at radius 3 is 2.65 bits per heavy atom. The molecule has 23 heavy (non-hydrogen) atoms. The van der Waals surface area contributed by atoms with Crippen LogP contribution >= 0.6 is 11.3 Å². The van der Waals surface area contributed by atoms with Gasteiger partial charge in [0, 0.05) is 25.2 Å². The number of thiazole rings is 1. The lowest BCUT2D eigenvalue weighted by atomic mass is 9.89. The average molecular weight is 331 g/mol. The van der Waals surface area contributed by atoms with Gasteiger partial charge in [-0.25, -0.2) is 4.98 Å². The molecule has 1 aliphatic heterocycles. The largest absolute Gasteiger partial charge is 0.391 e. The molecule has 0 radical (unpaired) electrons. The summed E-state index contributed by atoms with van der Waals surface area (Å²) in [7, 11) is 0. The van der Waals surface area contributed by atoms with Crippen molar-refractivity contribution in [1.82, 2.24) is 9.88 Å². The number of benzene rings is 1. The molecule has 2 unspecified atom stereocenters. The van der Waals surface area contributed by atoms with E-state index in [1.54, 1.807) is 11.3 Å². The molecule has 2 fully saturated rings. The molecule has 1 aromatic heterocycles. The Hall–Kier alpha value is -1.17. The fourth-order valence-electron chi connectivity index (χ4n) is 4.00. The van der Waals surface area contributed by atoms with Crippen LogP contribution in [0.25, 0.3) is 10.2 Å². The number of nitrogens with zero attached hydrogens (tertiary/aromatic N) is 2. The Kier molecular flexibility index (Phi) is 4.51. The minimum atomic E-state index is -0.113. The van der Waals surface area contributed by atoms with Crippen LogP contribution in [0, 0.1) is 0 Å². The molecule has 4 rings (SSSR count). The summed E-state index contributed by atoms with van der Waals surface area (Å²) in [6.07, 6.45) is 6.76. The topological polar surface area (TPSA) is 48.4 Å². The second-order valence-corrected chi connectivity index (χ2v) is 7.89. The molecule has 124 valence electrons. The Morgan fingerprint density at radius 1 is 1.09 bits per heavy atom. The summed E-state index contributed by atoms with van der Waals surface area (Å²) < 4.78 is 1.25. The van der Waals surface area contributed by atoms with E-state index in [1.807, 2.05) is 6.07 Å². The first-order valence-electron chi connectivity index (χ1n) is 8.84. The molecule has 2 atom stereocenters. The standard InChI is InChI=1S/C18H25N3OS/c22-16-7-3-2-6-15(16)21-11-9-13(10-12-21)19-18-20-14-5-1-4-8-17(14)23-18/h1,4-5,8,13,15-16,22H,2-3,6-7,9-12H2,(H,19,20). The predicted molar refractivity (Wildman–Crippen MR) is 96.1 cm³/mol. The maximum absolute atomic E-state index is 10.2. The van der Waals surface area contributed by atoms with Gasteiger partial charge in [0.05, 0.1) is 16.3 Å². The third-order valence-electron chi connectivity index (χ3n) is 5.31. The maximum atomic E-state index is 10.2. The third-order valence-corrected chi connectivity index (χ3v) is 6.28. The van der Waals surface area contributed by atoms with Crippen LogP contribution in [0.4, 0.5) is 5.13 Å². The predicted octanol–water partition coefficient (Wildman–Crippen LogP) is 3.48. The molecular weight excluding hydrogens is 306 g/mol. The number of aromatic nitrogens is 1.